The molecule has 0 fully saturated rings. The molecule has 0 amide bonds. The molecule has 0 spiro atoms. The topological polar surface area (TPSA) is 34.1 Å². The highest BCUT2D eigenvalue weighted by molar-refractivity contribution is 7.15. The maximum absolute atomic E-state index is 6.07. The number of halogens is 2. The summed E-state index contributed by atoms with van der Waals surface area (Å²) < 4.78 is 5.24. The van der Waals surface area contributed by atoms with E-state index in [2.05, 4.69) is 24.1 Å². The molecule has 2 aromatic rings. The van der Waals surface area contributed by atoms with Crippen LogP contribution in [0.25, 0.3) is 10.6 Å². The first-order valence-electron chi connectivity index (χ1n) is 6.67. The first-order valence-corrected chi connectivity index (χ1v) is 8.24. The lowest BCUT2D eigenvalue weighted by Gasteiger charge is -2.07. The van der Waals surface area contributed by atoms with Crippen molar-refractivity contribution in [3.05, 3.63) is 38.8 Å². The molecule has 0 aliphatic carbocycles. The zero-order chi connectivity index (χ0) is 15.4. The zero-order valence-electron chi connectivity index (χ0n) is 12.2. The Bertz CT molecular complexity index is 593. The number of nitrogens with zero attached hydrogens (tertiary/aromatic N) is 1. The Morgan fingerprint density at radius 1 is 1.24 bits per heavy atom. The molecule has 6 heteroatoms. The van der Waals surface area contributed by atoms with E-state index < -0.39 is 0 Å². The quantitative estimate of drug-likeness (QED) is 0.820. The standard InChI is InChI=1S/C15H18Cl2N2OS/c1-9(2)18-7-14-13(8-20-3)19-15(21-14)10-4-11(16)6-12(17)5-10/h4-6,9,18H,7-8H2,1-3H3. The third-order valence-corrected chi connectivity index (χ3v) is 4.42. The van der Waals surface area contributed by atoms with Gasteiger partial charge in [0.2, 0.25) is 0 Å². The number of rotatable bonds is 6. The molecule has 0 saturated heterocycles. The van der Waals surface area contributed by atoms with Crippen molar-refractivity contribution in [1.82, 2.24) is 10.3 Å². The molecule has 21 heavy (non-hydrogen) atoms. The lowest BCUT2D eigenvalue weighted by atomic mass is 10.2. The van der Waals surface area contributed by atoms with E-state index in [4.69, 9.17) is 27.9 Å². The number of nitrogens with one attached hydrogen (secondary N) is 1. The van der Waals surface area contributed by atoms with Gasteiger partial charge in [-0.15, -0.1) is 11.3 Å². The Morgan fingerprint density at radius 3 is 2.48 bits per heavy atom. The molecule has 0 bridgehead atoms. The normalized spacial score (nSPS) is 11.3. The first-order chi connectivity index (χ1) is 9.99. The van der Waals surface area contributed by atoms with Gasteiger partial charge in [0.05, 0.1) is 12.3 Å². The molecular formula is C15H18Cl2N2OS. The highest BCUT2D eigenvalue weighted by atomic mass is 35.5. The molecule has 1 aromatic carbocycles. The van der Waals surface area contributed by atoms with Gasteiger partial charge in [0, 0.05) is 40.2 Å². The minimum absolute atomic E-state index is 0.423. The largest absolute Gasteiger partial charge is 0.378 e. The highest BCUT2D eigenvalue weighted by Gasteiger charge is 2.13. The van der Waals surface area contributed by atoms with Crippen LogP contribution in [0, 0.1) is 0 Å². The average molecular weight is 345 g/mol. The van der Waals surface area contributed by atoms with Crippen molar-refractivity contribution in [1.29, 1.82) is 0 Å². The summed E-state index contributed by atoms with van der Waals surface area (Å²) in [7, 11) is 1.68. The van der Waals surface area contributed by atoms with Crippen LogP contribution < -0.4 is 5.32 Å². The smallest absolute Gasteiger partial charge is 0.124 e. The fourth-order valence-corrected chi connectivity index (χ4v) is 3.40. The van der Waals surface area contributed by atoms with Gasteiger partial charge in [-0.25, -0.2) is 4.98 Å². The predicted molar refractivity (Wildman–Crippen MR) is 90.3 cm³/mol. The number of methoxy groups -OCH3 is 1. The number of benzene rings is 1. The molecule has 114 valence electrons. The van der Waals surface area contributed by atoms with E-state index in [9.17, 15) is 0 Å². The van der Waals surface area contributed by atoms with Gasteiger partial charge in [0.25, 0.3) is 0 Å². The van der Waals surface area contributed by atoms with Gasteiger partial charge in [0.1, 0.15) is 5.01 Å². The summed E-state index contributed by atoms with van der Waals surface area (Å²) in [6, 6.07) is 5.90. The first kappa shape index (κ1) is 16.7. The summed E-state index contributed by atoms with van der Waals surface area (Å²) in [4.78, 5) is 5.84. The molecule has 0 saturated carbocycles. The Kier molecular flexibility index (Phi) is 6.02. The van der Waals surface area contributed by atoms with Crippen molar-refractivity contribution >= 4 is 34.5 Å². The Balaban J connectivity index is 2.33. The summed E-state index contributed by atoms with van der Waals surface area (Å²) in [6.45, 7) is 5.52. The van der Waals surface area contributed by atoms with E-state index in [-0.39, 0.29) is 0 Å². The lowest BCUT2D eigenvalue weighted by Crippen LogP contribution is -2.21. The number of aromatic nitrogens is 1. The van der Waals surface area contributed by atoms with Crippen molar-refractivity contribution in [3.63, 3.8) is 0 Å². The summed E-state index contributed by atoms with van der Waals surface area (Å²) in [5.41, 5.74) is 1.90. The van der Waals surface area contributed by atoms with Crippen LogP contribution in [0.15, 0.2) is 18.2 Å². The minimum atomic E-state index is 0.423. The van der Waals surface area contributed by atoms with Gasteiger partial charge in [-0.05, 0) is 18.2 Å². The van der Waals surface area contributed by atoms with Crippen LogP contribution in [0.5, 0.6) is 0 Å². The molecule has 0 radical (unpaired) electrons. The molecular weight excluding hydrogens is 327 g/mol. The fourth-order valence-electron chi connectivity index (χ4n) is 1.87. The van der Waals surface area contributed by atoms with E-state index in [0.717, 1.165) is 22.8 Å². The SMILES string of the molecule is COCc1nc(-c2cc(Cl)cc(Cl)c2)sc1CNC(C)C. The van der Waals surface area contributed by atoms with Crippen LogP contribution in [-0.4, -0.2) is 18.1 Å². The second-order valence-electron chi connectivity index (χ2n) is 5.02. The Labute approximate surface area is 139 Å². The molecule has 0 aliphatic heterocycles. The second kappa shape index (κ2) is 7.56. The van der Waals surface area contributed by atoms with Crippen LogP contribution in [0.3, 0.4) is 0 Å². The summed E-state index contributed by atoms with van der Waals surface area (Å²) in [5.74, 6) is 0. The van der Waals surface area contributed by atoms with Crippen LogP contribution in [-0.2, 0) is 17.9 Å². The second-order valence-corrected chi connectivity index (χ2v) is 6.97. The van der Waals surface area contributed by atoms with E-state index in [0.29, 0.717) is 22.7 Å². The summed E-state index contributed by atoms with van der Waals surface area (Å²) >= 11 is 13.8. The van der Waals surface area contributed by atoms with Gasteiger partial charge in [0.15, 0.2) is 0 Å². The predicted octanol–water partition coefficient (Wildman–Crippen LogP) is 4.76. The lowest BCUT2D eigenvalue weighted by molar-refractivity contribution is 0.181. The number of hydrogen-bond donors (Lipinski definition) is 1. The van der Waals surface area contributed by atoms with Crippen molar-refractivity contribution in [2.45, 2.75) is 33.0 Å². The van der Waals surface area contributed by atoms with Gasteiger partial charge in [-0.2, -0.15) is 0 Å². The summed E-state index contributed by atoms with van der Waals surface area (Å²) in [6.07, 6.45) is 0. The van der Waals surface area contributed by atoms with Gasteiger partial charge < -0.3 is 10.1 Å². The fraction of sp³-hybridized carbons (Fsp3) is 0.400. The van der Waals surface area contributed by atoms with Crippen LogP contribution in [0.4, 0.5) is 0 Å². The maximum Gasteiger partial charge on any atom is 0.124 e. The van der Waals surface area contributed by atoms with Crippen LogP contribution in [0.1, 0.15) is 24.4 Å². The highest BCUT2D eigenvalue weighted by Crippen LogP contribution is 2.32. The number of thiazole rings is 1. The number of ether oxygens (including phenoxy) is 1. The van der Waals surface area contributed by atoms with Crippen molar-refractivity contribution in [2.75, 3.05) is 7.11 Å². The van der Waals surface area contributed by atoms with Gasteiger partial charge in [-0.1, -0.05) is 37.0 Å². The Hall–Kier alpha value is -0.650. The maximum atomic E-state index is 6.07. The summed E-state index contributed by atoms with van der Waals surface area (Å²) in [5, 5.41) is 5.55. The zero-order valence-corrected chi connectivity index (χ0v) is 14.6. The van der Waals surface area contributed by atoms with Crippen LogP contribution >= 0.6 is 34.5 Å². The molecule has 0 unspecified atom stereocenters. The van der Waals surface area contributed by atoms with Crippen LogP contribution in [0.2, 0.25) is 10.0 Å². The molecule has 1 heterocycles. The number of hydrogen-bond acceptors (Lipinski definition) is 4. The van der Waals surface area contributed by atoms with E-state index in [1.807, 2.05) is 12.1 Å². The van der Waals surface area contributed by atoms with Crippen molar-refractivity contribution in [2.24, 2.45) is 0 Å². The van der Waals surface area contributed by atoms with Gasteiger partial charge in [-0.3, -0.25) is 0 Å². The minimum Gasteiger partial charge on any atom is -0.378 e. The monoisotopic (exact) mass is 344 g/mol. The van der Waals surface area contributed by atoms with E-state index in [1.54, 1.807) is 24.5 Å². The molecule has 3 nitrogen and oxygen atoms in total. The van der Waals surface area contributed by atoms with Crippen molar-refractivity contribution < 1.29 is 4.74 Å². The Morgan fingerprint density at radius 2 is 1.90 bits per heavy atom. The third kappa shape index (κ3) is 4.66. The van der Waals surface area contributed by atoms with E-state index in [1.165, 1.54) is 4.88 Å². The molecule has 0 atom stereocenters. The average Bonchev–Trinajstić information content (AvgIpc) is 2.79. The third-order valence-electron chi connectivity index (χ3n) is 2.84. The molecule has 2 rings (SSSR count). The van der Waals surface area contributed by atoms with Gasteiger partial charge >= 0.3 is 0 Å². The molecule has 1 aromatic heterocycles. The van der Waals surface area contributed by atoms with Crippen molar-refractivity contribution in [3.8, 4) is 10.6 Å². The molecule has 1 N–H and O–H groups in total. The molecule has 0 aliphatic rings. The van der Waals surface area contributed by atoms with E-state index >= 15 is 0 Å².